The second-order valence-corrected chi connectivity index (χ2v) is 7.49. The zero-order chi connectivity index (χ0) is 21.2. The first kappa shape index (κ1) is 19.0. The monoisotopic (exact) mass is 405 g/mol. The number of benzene rings is 3. The third-order valence-electron chi connectivity index (χ3n) is 5.41. The topological polar surface area (TPSA) is 66.5 Å². The first-order valence-corrected chi connectivity index (χ1v) is 10.5. The number of H-pyrrole nitrogens is 1. The second-order valence-electron chi connectivity index (χ2n) is 7.49. The summed E-state index contributed by atoms with van der Waals surface area (Å²) < 4.78 is 0. The lowest BCUT2D eigenvalue weighted by molar-refractivity contribution is 1.04. The number of aromatic nitrogens is 4. The minimum Gasteiger partial charge on any atom is -0.328 e. The average Bonchev–Trinajstić information content (AvgIpc) is 3.18. The van der Waals surface area contributed by atoms with E-state index in [4.69, 9.17) is 9.97 Å². The summed E-state index contributed by atoms with van der Waals surface area (Å²) >= 11 is 0. The molecule has 5 rings (SSSR count). The van der Waals surface area contributed by atoms with E-state index in [9.17, 15) is 0 Å². The largest absolute Gasteiger partial charge is 0.328 e. The van der Waals surface area contributed by atoms with Crippen molar-refractivity contribution >= 4 is 22.7 Å². The molecule has 0 aliphatic heterocycles. The number of fused-ring (bicyclic) bond motifs is 1. The maximum atomic E-state index is 4.85. The summed E-state index contributed by atoms with van der Waals surface area (Å²) in [7, 11) is 0. The number of aromatic amines is 1. The molecular weight excluding hydrogens is 382 g/mol. The van der Waals surface area contributed by atoms with Crippen molar-refractivity contribution in [3.8, 4) is 22.5 Å². The fourth-order valence-electron chi connectivity index (χ4n) is 3.76. The highest BCUT2D eigenvalue weighted by atomic mass is 15.2. The van der Waals surface area contributed by atoms with Gasteiger partial charge in [-0.3, -0.25) is 0 Å². The van der Waals surface area contributed by atoms with Crippen molar-refractivity contribution in [1.29, 1.82) is 0 Å². The molecule has 5 aromatic rings. The summed E-state index contributed by atoms with van der Waals surface area (Å²) in [5.41, 5.74) is 6.34. The van der Waals surface area contributed by atoms with Gasteiger partial charge < -0.3 is 10.3 Å². The predicted octanol–water partition coefficient (Wildman–Crippen LogP) is 6.30. The summed E-state index contributed by atoms with van der Waals surface area (Å²) in [6.45, 7) is 4.14. The molecule has 0 fully saturated rings. The van der Waals surface area contributed by atoms with Crippen LogP contribution >= 0.6 is 0 Å². The van der Waals surface area contributed by atoms with Crippen molar-refractivity contribution in [2.75, 3.05) is 5.32 Å². The van der Waals surface area contributed by atoms with Crippen LogP contribution < -0.4 is 5.32 Å². The van der Waals surface area contributed by atoms with Gasteiger partial charge in [-0.05, 0) is 36.6 Å². The van der Waals surface area contributed by atoms with Gasteiger partial charge in [-0.2, -0.15) is 0 Å². The zero-order valence-electron chi connectivity index (χ0n) is 17.6. The third kappa shape index (κ3) is 3.78. The molecule has 0 aliphatic rings. The van der Waals surface area contributed by atoms with Gasteiger partial charge in [-0.25, -0.2) is 15.0 Å². The van der Waals surface area contributed by atoms with Crippen LogP contribution in [0.2, 0.25) is 0 Å². The SMILES string of the molecule is CCc1nc(Nc2nc(-c3ccc(-c4ccccc4)cc3)nc3ccccc23)[nH]c1C. The molecule has 0 saturated heterocycles. The van der Waals surface area contributed by atoms with E-state index >= 15 is 0 Å². The lowest BCUT2D eigenvalue weighted by Gasteiger charge is -2.10. The van der Waals surface area contributed by atoms with E-state index in [2.05, 4.69) is 58.6 Å². The molecule has 0 unspecified atom stereocenters. The normalized spacial score (nSPS) is 11.0. The molecule has 0 amide bonds. The van der Waals surface area contributed by atoms with Crippen molar-refractivity contribution in [1.82, 2.24) is 19.9 Å². The van der Waals surface area contributed by atoms with Gasteiger partial charge in [0.25, 0.3) is 0 Å². The number of para-hydroxylation sites is 1. The fraction of sp³-hybridized carbons (Fsp3) is 0.115. The van der Waals surface area contributed by atoms with Crippen LogP contribution in [-0.4, -0.2) is 19.9 Å². The first-order chi connectivity index (χ1) is 15.2. The Kier molecular flexibility index (Phi) is 4.92. The molecule has 0 atom stereocenters. The molecular formula is C26H23N5. The van der Waals surface area contributed by atoms with Crippen molar-refractivity contribution in [2.24, 2.45) is 0 Å². The molecule has 0 bridgehead atoms. The number of nitrogens with one attached hydrogen (secondary N) is 2. The molecule has 2 N–H and O–H groups in total. The van der Waals surface area contributed by atoms with Crippen molar-refractivity contribution in [2.45, 2.75) is 20.3 Å². The Morgan fingerprint density at radius 2 is 1.42 bits per heavy atom. The van der Waals surface area contributed by atoms with Crippen molar-refractivity contribution in [3.05, 3.63) is 90.3 Å². The van der Waals surface area contributed by atoms with E-state index in [-0.39, 0.29) is 0 Å². The number of aryl methyl sites for hydroxylation is 2. The van der Waals surface area contributed by atoms with Gasteiger partial charge in [0, 0.05) is 16.6 Å². The van der Waals surface area contributed by atoms with Gasteiger partial charge >= 0.3 is 0 Å². The molecule has 31 heavy (non-hydrogen) atoms. The minimum atomic E-state index is 0.680. The molecule has 0 aliphatic carbocycles. The Balaban J connectivity index is 1.55. The first-order valence-electron chi connectivity index (χ1n) is 10.5. The van der Waals surface area contributed by atoms with Gasteiger partial charge in [0.15, 0.2) is 5.82 Å². The van der Waals surface area contributed by atoms with Crippen LogP contribution in [0.1, 0.15) is 18.3 Å². The Bertz CT molecular complexity index is 1340. The molecule has 2 aromatic heterocycles. The number of hydrogen-bond acceptors (Lipinski definition) is 4. The zero-order valence-corrected chi connectivity index (χ0v) is 17.6. The van der Waals surface area contributed by atoms with Gasteiger partial charge in [0.2, 0.25) is 5.95 Å². The number of imidazole rings is 1. The van der Waals surface area contributed by atoms with E-state index < -0.39 is 0 Å². The highest BCUT2D eigenvalue weighted by Gasteiger charge is 2.12. The van der Waals surface area contributed by atoms with Crippen LogP contribution in [0, 0.1) is 6.92 Å². The lowest BCUT2D eigenvalue weighted by Crippen LogP contribution is -2.00. The molecule has 0 saturated carbocycles. The molecule has 2 heterocycles. The molecule has 0 radical (unpaired) electrons. The average molecular weight is 406 g/mol. The van der Waals surface area contributed by atoms with Crippen LogP contribution in [0.5, 0.6) is 0 Å². The van der Waals surface area contributed by atoms with E-state index in [1.54, 1.807) is 0 Å². The van der Waals surface area contributed by atoms with Crippen molar-refractivity contribution in [3.63, 3.8) is 0 Å². The van der Waals surface area contributed by atoms with Crippen LogP contribution in [0.25, 0.3) is 33.4 Å². The summed E-state index contributed by atoms with van der Waals surface area (Å²) in [6.07, 6.45) is 0.882. The van der Waals surface area contributed by atoms with E-state index in [0.29, 0.717) is 11.8 Å². The highest BCUT2D eigenvalue weighted by molar-refractivity contribution is 5.91. The minimum absolute atomic E-state index is 0.680. The van der Waals surface area contributed by atoms with Gasteiger partial charge in [-0.1, -0.05) is 73.7 Å². The highest BCUT2D eigenvalue weighted by Crippen LogP contribution is 2.28. The molecule has 5 heteroatoms. The summed E-state index contributed by atoms with van der Waals surface area (Å²) in [5, 5.41) is 4.33. The third-order valence-corrected chi connectivity index (χ3v) is 5.41. The van der Waals surface area contributed by atoms with E-state index in [1.807, 2.05) is 49.4 Å². The number of nitrogens with zero attached hydrogens (tertiary/aromatic N) is 3. The maximum absolute atomic E-state index is 4.85. The van der Waals surface area contributed by atoms with Crippen LogP contribution in [-0.2, 0) is 6.42 Å². The molecule has 0 spiro atoms. The number of hydrogen-bond donors (Lipinski definition) is 2. The van der Waals surface area contributed by atoms with Crippen LogP contribution in [0.3, 0.4) is 0 Å². The molecule has 5 nitrogen and oxygen atoms in total. The Hall–Kier alpha value is -3.99. The smallest absolute Gasteiger partial charge is 0.206 e. The van der Waals surface area contributed by atoms with E-state index in [0.717, 1.165) is 40.1 Å². The Morgan fingerprint density at radius 1 is 0.742 bits per heavy atom. The summed E-state index contributed by atoms with van der Waals surface area (Å²) in [6, 6.07) is 26.7. The van der Waals surface area contributed by atoms with Crippen LogP contribution in [0.4, 0.5) is 11.8 Å². The summed E-state index contributed by atoms with van der Waals surface area (Å²) in [5.74, 6) is 2.12. The van der Waals surface area contributed by atoms with Gasteiger partial charge in [-0.15, -0.1) is 0 Å². The van der Waals surface area contributed by atoms with E-state index in [1.165, 1.54) is 11.1 Å². The van der Waals surface area contributed by atoms with Gasteiger partial charge in [0.1, 0.15) is 5.82 Å². The lowest BCUT2D eigenvalue weighted by atomic mass is 10.0. The van der Waals surface area contributed by atoms with Crippen molar-refractivity contribution < 1.29 is 0 Å². The Morgan fingerprint density at radius 3 is 2.16 bits per heavy atom. The number of rotatable bonds is 5. The Labute approximate surface area is 181 Å². The summed E-state index contributed by atoms with van der Waals surface area (Å²) in [4.78, 5) is 17.6. The molecule has 3 aromatic carbocycles. The second kappa shape index (κ2) is 8.03. The van der Waals surface area contributed by atoms with Gasteiger partial charge in [0.05, 0.1) is 11.2 Å². The van der Waals surface area contributed by atoms with Crippen LogP contribution in [0.15, 0.2) is 78.9 Å². The maximum Gasteiger partial charge on any atom is 0.206 e. The number of anilines is 2. The fourth-order valence-corrected chi connectivity index (χ4v) is 3.76. The quantitative estimate of drug-likeness (QED) is 0.360. The molecule has 152 valence electrons. The predicted molar refractivity (Wildman–Crippen MR) is 126 cm³/mol. The standard InChI is InChI=1S/C26H23N5/c1-3-22-17(2)27-26(29-22)31-25-21-11-7-8-12-23(21)28-24(30-25)20-15-13-19(14-16-20)18-9-5-4-6-10-18/h4-16H,3H2,1-2H3,(H2,27,28,29,30,31).